The maximum Gasteiger partial charge on any atom is 0.319 e. The van der Waals surface area contributed by atoms with Gasteiger partial charge in [0.2, 0.25) is 0 Å². The average molecular weight is 311 g/mol. The number of halogens is 2. The van der Waals surface area contributed by atoms with Crippen molar-refractivity contribution in [1.29, 1.82) is 0 Å². The highest BCUT2D eigenvalue weighted by Crippen LogP contribution is 2.22. The van der Waals surface area contributed by atoms with Crippen LogP contribution in [0, 0.1) is 6.92 Å². The fourth-order valence-electron chi connectivity index (χ4n) is 1.75. The molecule has 0 saturated carbocycles. The monoisotopic (exact) mass is 311 g/mol. The third-order valence-corrected chi connectivity index (χ3v) is 3.90. The molecule has 7 heteroatoms. The first-order valence-corrected chi connectivity index (χ1v) is 7.21. The molecule has 1 aromatic heterocycles. The van der Waals surface area contributed by atoms with E-state index in [0.29, 0.717) is 5.69 Å². The van der Waals surface area contributed by atoms with Gasteiger partial charge >= 0.3 is 6.03 Å². The smallest absolute Gasteiger partial charge is 0.319 e. The van der Waals surface area contributed by atoms with Gasteiger partial charge in [-0.2, -0.15) is 0 Å². The van der Waals surface area contributed by atoms with Crippen molar-refractivity contribution in [3.8, 4) is 0 Å². The zero-order chi connectivity index (χ0) is 15.4. The molecule has 112 valence electrons. The normalized spacial score (nSPS) is 12.2. The summed E-state index contributed by atoms with van der Waals surface area (Å²) in [4.78, 5) is 16.1. The number of nitrogens with one attached hydrogen (secondary N) is 2. The van der Waals surface area contributed by atoms with Crippen LogP contribution < -0.4 is 10.6 Å². The number of amides is 2. The van der Waals surface area contributed by atoms with Crippen LogP contribution in [0.4, 0.5) is 19.3 Å². The minimum absolute atomic E-state index is 0.128. The van der Waals surface area contributed by atoms with Gasteiger partial charge in [-0.05, 0) is 26.0 Å². The summed E-state index contributed by atoms with van der Waals surface area (Å²) in [5, 5.41) is 7.95. The van der Waals surface area contributed by atoms with Crippen LogP contribution in [-0.2, 0) is 0 Å². The van der Waals surface area contributed by atoms with Gasteiger partial charge in [0.25, 0.3) is 6.43 Å². The molecule has 0 unspecified atom stereocenters. The lowest BCUT2D eigenvalue weighted by atomic mass is 10.2. The van der Waals surface area contributed by atoms with Gasteiger partial charge in [-0.1, -0.05) is 12.1 Å². The molecule has 2 N–H and O–H groups in total. The highest BCUT2D eigenvalue weighted by atomic mass is 32.1. The molecular weight excluding hydrogens is 296 g/mol. The van der Waals surface area contributed by atoms with Gasteiger partial charge < -0.3 is 10.6 Å². The molecule has 0 aliphatic carbocycles. The highest BCUT2D eigenvalue weighted by molar-refractivity contribution is 7.09. The van der Waals surface area contributed by atoms with Gasteiger partial charge in [0.05, 0.1) is 6.04 Å². The Hall–Kier alpha value is -2.02. The maximum atomic E-state index is 12.6. The van der Waals surface area contributed by atoms with Crippen LogP contribution in [0.1, 0.15) is 35.7 Å². The minimum atomic E-state index is -2.56. The predicted molar refractivity (Wildman–Crippen MR) is 78.8 cm³/mol. The van der Waals surface area contributed by atoms with E-state index < -0.39 is 12.5 Å². The van der Waals surface area contributed by atoms with Crippen molar-refractivity contribution in [2.75, 3.05) is 5.32 Å². The van der Waals surface area contributed by atoms with Crippen molar-refractivity contribution in [3.63, 3.8) is 0 Å². The van der Waals surface area contributed by atoms with Crippen molar-refractivity contribution in [3.05, 3.63) is 45.9 Å². The number of anilines is 1. The first kappa shape index (κ1) is 15.4. The Kier molecular flexibility index (Phi) is 4.85. The fourth-order valence-corrected chi connectivity index (χ4v) is 2.55. The number of carbonyl (C=O) groups excluding carboxylic acids is 1. The van der Waals surface area contributed by atoms with Gasteiger partial charge in [0, 0.05) is 22.3 Å². The Morgan fingerprint density at radius 1 is 1.38 bits per heavy atom. The van der Waals surface area contributed by atoms with Crippen LogP contribution in [0.5, 0.6) is 0 Å². The van der Waals surface area contributed by atoms with Gasteiger partial charge in [0.15, 0.2) is 0 Å². The van der Waals surface area contributed by atoms with E-state index in [0.717, 1.165) is 10.7 Å². The lowest BCUT2D eigenvalue weighted by Gasteiger charge is -2.13. The quantitative estimate of drug-likeness (QED) is 0.886. The summed E-state index contributed by atoms with van der Waals surface area (Å²) in [5.74, 6) is 0. The Labute approximate surface area is 125 Å². The van der Waals surface area contributed by atoms with Crippen LogP contribution in [-0.4, -0.2) is 11.0 Å². The van der Waals surface area contributed by atoms with Crippen molar-refractivity contribution < 1.29 is 13.6 Å². The molecule has 0 saturated heterocycles. The van der Waals surface area contributed by atoms with E-state index in [-0.39, 0.29) is 11.6 Å². The number of carbonyl (C=O) groups is 1. The Morgan fingerprint density at radius 2 is 2.14 bits per heavy atom. The van der Waals surface area contributed by atoms with E-state index in [1.54, 1.807) is 6.07 Å². The first-order chi connectivity index (χ1) is 9.95. The molecule has 1 aromatic carbocycles. The third kappa shape index (κ3) is 4.22. The number of benzene rings is 1. The van der Waals surface area contributed by atoms with Gasteiger partial charge in [-0.3, -0.25) is 0 Å². The maximum absolute atomic E-state index is 12.6. The molecule has 0 fully saturated rings. The van der Waals surface area contributed by atoms with Crippen LogP contribution >= 0.6 is 11.3 Å². The molecular formula is C14H15F2N3OS. The third-order valence-electron chi connectivity index (χ3n) is 2.75. The molecule has 0 aliphatic heterocycles. The van der Waals surface area contributed by atoms with E-state index in [9.17, 15) is 13.6 Å². The predicted octanol–water partition coefficient (Wildman–Crippen LogP) is 4.27. The first-order valence-electron chi connectivity index (χ1n) is 6.33. The molecule has 0 radical (unpaired) electrons. The lowest BCUT2D eigenvalue weighted by molar-refractivity contribution is 0.151. The Morgan fingerprint density at radius 3 is 2.76 bits per heavy atom. The zero-order valence-corrected chi connectivity index (χ0v) is 12.4. The summed E-state index contributed by atoms with van der Waals surface area (Å²) in [6.07, 6.45) is -2.56. The summed E-state index contributed by atoms with van der Waals surface area (Å²) in [6, 6.07) is 4.90. The lowest BCUT2D eigenvalue weighted by Crippen LogP contribution is -2.31. The van der Waals surface area contributed by atoms with E-state index in [2.05, 4.69) is 15.6 Å². The highest BCUT2D eigenvalue weighted by Gasteiger charge is 2.13. The summed E-state index contributed by atoms with van der Waals surface area (Å²) >= 11 is 1.46. The van der Waals surface area contributed by atoms with E-state index in [4.69, 9.17) is 0 Å². The van der Waals surface area contributed by atoms with E-state index in [1.807, 2.05) is 19.2 Å². The number of thiazole rings is 1. The second-order valence-electron chi connectivity index (χ2n) is 4.57. The molecule has 2 rings (SSSR count). The zero-order valence-electron chi connectivity index (χ0n) is 11.6. The number of aryl methyl sites for hydroxylation is 1. The topological polar surface area (TPSA) is 54.0 Å². The van der Waals surface area contributed by atoms with Crippen molar-refractivity contribution in [2.24, 2.45) is 0 Å². The molecule has 0 aliphatic rings. The molecule has 2 aromatic rings. The van der Waals surface area contributed by atoms with Crippen molar-refractivity contribution >= 4 is 23.1 Å². The molecule has 4 nitrogen and oxygen atoms in total. The molecule has 0 spiro atoms. The number of hydrogen-bond donors (Lipinski definition) is 2. The number of hydrogen-bond acceptors (Lipinski definition) is 3. The van der Waals surface area contributed by atoms with Gasteiger partial charge in [-0.15, -0.1) is 11.3 Å². The minimum Gasteiger partial charge on any atom is -0.329 e. The van der Waals surface area contributed by atoms with Crippen molar-refractivity contribution in [1.82, 2.24) is 10.3 Å². The number of aromatic nitrogens is 1. The van der Waals surface area contributed by atoms with Crippen LogP contribution in [0.25, 0.3) is 0 Å². The Bertz CT molecular complexity index is 630. The van der Waals surface area contributed by atoms with Crippen LogP contribution in [0.2, 0.25) is 0 Å². The molecule has 1 atom stereocenters. The van der Waals surface area contributed by atoms with Gasteiger partial charge in [0.1, 0.15) is 5.01 Å². The van der Waals surface area contributed by atoms with E-state index >= 15 is 0 Å². The summed E-state index contributed by atoms with van der Waals surface area (Å²) in [6.45, 7) is 3.69. The average Bonchev–Trinajstić information content (AvgIpc) is 2.85. The number of nitrogens with zero attached hydrogens (tertiary/aromatic N) is 1. The molecule has 21 heavy (non-hydrogen) atoms. The van der Waals surface area contributed by atoms with Crippen LogP contribution in [0.3, 0.4) is 0 Å². The van der Waals surface area contributed by atoms with Gasteiger partial charge in [-0.25, -0.2) is 18.6 Å². The standard InChI is InChI=1S/C14H15F2N3OS/c1-8-7-21-13(17-8)9(2)18-14(20)19-11-5-3-4-10(6-11)12(15)16/h3-7,9,12H,1-2H3,(H2,18,19,20)/t9-/m0/s1. The second kappa shape index (κ2) is 6.62. The van der Waals surface area contributed by atoms with E-state index in [1.165, 1.54) is 29.5 Å². The number of urea groups is 1. The number of rotatable bonds is 4. The molecule has 2 amide bonds. The molecule has 1 heterocycles. The van der Waals surface area contributed by atoms with Crippen LogP contribution in [0.15, 0.2) is 29.6 Å². The fraction of sp³-hybridized carbons (Fsp3) is 0.286. The largest absolute Gasteiger partial charge is 0.329 e. The molecule has 0 bridgehead atoms. The summed E-state index contributed by atoms with van der Waals surface area (Å²) in [7, 11) is 0. The SMILES string of the molecule is Cc1csc([C@H](C)NC(=O)Nc2cccc(C(F)F)c2)n1. The Balaban J connectivity index is 1.97. The summed E-state index contributed by atoms with van der Waals surface area (Å²) < 4.78 is 25.2. The summed E-state index contributed by atoms with van der Waals surface area (Å²) in [5.41, 5.74) is 1.10. The van der Waals surface area contributed by atoms with Crippen molar-refractivity contribution in [2.45, 2.75) is 26.3 Å². The number of alkyl halides is 2. The second-order valence-corrected chi connectivity index (χ2v) is 5.46.